The average Bonchev–Trinajstić information content (AvgIpc) is 3.37. The van der Waals surface area contributed by atoms with Crippen molar-refractivity contribution in [3.8, 4) is 0 Å². The minimum Gasteiger partial charge on any atom is -0.330 e. The van der Waals surface area contributed by atoms with E-state index in [4.69, 9.17) is 0 Å². The number of likely N-dealkylation sites (tertiary alicyclic amines) is 1. The third kappa shape index (κ3) is 3.48. The number of amides is 2. The second kappa shape index (κ2) is 7.67. The van der Waals surface area contributed by atoms with E-state index in [1.807, 2.05) is 16.5 Å². The van der Waals surface area contributed by atoms with Gasteiger partial charge in [-0.1, -0.05) is 25.1 Å². The maximum absolute atomic E-state index is 12.8. The quantitative estimate of drug-likeness (QED) is 0.647. The van der Waals surface area contributed by atoms with Crippen molar-refractivity contribution < 1.29 is 4.79 Å². The summed E-state index contributed by atoms with van der Waals surface area (Å²) in [5.41, 5.74) is 6.48. The molecule has 2 aliphatic heterocycles. The first-order valence-electron chi connectivity index (χ1n) is 10.8. The van der Waals surface area contributed by atoms with E-state index in [1.54, 1.807) is 11.3 Å². The Morgan fingerprint density at radius 2 is 2.03 bits per heavy atom. The van der Waals surface area contributed by atoms with Crippen molar-refractivity contribution in [3.05, 3.63) is 59.1 Å². The number of hydrogen-bond donors (Lipinski definition) is 1. The van der Waals surface area contributed by atoms with Crippen LogP contribution in [-0.4, -0.2) is 41.1 Å². The molecule has 2 amide bonds. The molecule has 30 heavy (non-hydrogen) atoms. The molecule has 1 atom stereocenters. The third-order valence-corrected chi connectivity index (χ3v) is 7.66. The van der Waals surface area contributed by atoms with E-state index in [0.29, 0.717) is 6.04 Å². The van der Waals surface area contributed by atoms with Crippen LogP contribution < -0.4 is 10.2 Å². The van der Waals surface area contributed by atoms with E-state index >= 15 is 0 Å². The topological polar surface area (TPSA) is 48.5 Å². The Labute approximate surface area is 181 Å². The number of carbonyl (C=O) groups excluding carboxylic acids is 1. The molecule has 1 N–H and O–H groups in total. The fourth-order valence-electron chi connectivity index (χ4n) is 4.83. The molecular weight excluding hydrogens is 392 g/mol. The Hall–Kier alpha value is -2.44. The van der Waals surface area contributed by atoms with Crippen molar-refractivity contribution >= 4 is 33.3 Å². The number of hydrogen-bond acceptors (Lipinski definition) is 4. The number of aryl methyl sites for hydroxylation is 1. The predicted molar refractivity (Wildman–Crippen MR) is 123 cm³/mol. The SMILES string of the molecule is CCc1cccc(N2CC3(CCN(C(C)c4ccc5scnc5c4)CC3)NC2=O)c1. The zero-order valence-electron chi connectivity index (χ0n) is 17.6. The summed E-state index contributed by atoms with van der Waals surface area (Å²) >= 11 is 1.69. The smallest absolute Gasteiger partial charge is 0.322 e. The van der Waals surface area contributed by atoms with Crippen LogP contribution in [0.3, 0.4) is 0 Å². The summed E-state index contributed by atoms with van der Waals surface area (Å²) in [6.07, 6.45) is 2.94. The second-order valence-corrected chi connectivity index (χ2v) is 9.50. The zero-order valence-corrected chi connectivity index (χ0v) is 18.4. The first-order valence-corrected chi connectivity index (χ1v) is 11.7. The van der Waals surface area contributed by atoms with Crippen LogP contribution in [0.4, 0.5) is 10.5 Å². The van der Waals surface area contributed by atoms with E-state index < -0.39 is 0 Å². The number of nitrogens with zero attached hydrogens (tertiary/aromatic N) is 3. The Kier molecular flexibility index (Phi) is 4.99. The van der Waals surface area contributed by atoms with Gasteiger partial charge in [-0.05, 0) is 61.6 Å². The van der Waals surface area contributed by atoms with Gasteiger partial charge in [-0.15, -0.1) is 11.3 Å². The molecule has 5 nitrogen and oxygen atoms in total. The molecule has 0 saturated carbocycles. The highest BCUT2D eigenvalue weighted by Crippen LogP contribution is 2.35. The summed E-state index contributed by atoms with van der Waals surface area (Å²) in [4.78, 5) is 21.7. The van der Waals surface area contributed by atoms with Gasteiger partial charge in [0.1, 0.15) is 0 Å². The number of carbonyl (C=O) groups is 1. The Morgan fingerprint density at radius 1 is 1.20 bits per heavy atom. The summed E-state index contributed by atoms with van der Waals surface area (Å²) < 4.78 is 1.24. The molecule has 6 heteroatoms. The van der Waals surface area contributed by atoms with Crippen LogP contribution in [-0.2, 0) is 6.42 Å². The fourth-order valence-corrected chi connectivity index (χ4v) is 5.49. The largest absolute Gasteiger partial charge is 0.330 e. The molecule has 1 aromatic heterocycles. The highest BCUT2D eigenvalue weighted by molar-refractivity contribution is 7.16. The molecule has 2 aliphatic rings. The van der Waals surface area contributed by atoms with E-state index in [-0.39, 0.29) is 11.6 Å². The van der Waals surface area contributed by atoms with E-state index in [2.05, 4.69) is 65.4 Å². The molecule has 1 unspecified atom stereocenters. The van der Waals surface area contributed by atoms with Crippen LogP contribution in [0.1, 0.15) is 43.9 Å². The van der Waals surface area contributed by atoms with Crippen molar-refractivity contribution in [2.45, 2.75) is 44.7 Å². The van der Waals surface area contributed by atoms with Gasteiger partial charge in [-0.25, -0.2) is 9.78 Å². The van der Waals surface area contributed by atoms with Crippen LogP contribution in [0.2, 0.25) is 0 Å². The lowest BCUT2D eigenvalue weighted by Crippen LogP contribution is -2.52. The molecule has 2 fully saturated rings. The monoisotopic (exact) mass is 420 g/mol. The second-order valence-electron chi connectivity index (χ2n) is 8.61. The number of rotatable bonds is 4. The van der Waals surface area contributed by atoms with Crippen LogP contribution in [0, 0.1) is 0 Å². The number of anilines is 1. The van der Waals surface area contributed by atoms with Gasteiger partial charge in [-0.3, -0.25) is 9.80 Å². The Balaban J connectivity index is 1.27. The van der Waals surface area contributed by atoms with Crippen LogP contribution in [0.25, 0.3) is 10.2 Å². The van der Waals surface area contributed by atoms with Crippen molar-refractivity contribution in [3.63, 3.8) is 0 Å². The van der Waals surface area contributed by atoms with E-state index in [0.717, 1.165) is 50.1 Å². The molecule has 2 aromatic carbocycles. The van der Waals surface area contributed by atoms with Crippen molar-refractivity contribution in [1.29, 1.82) is 0 Å². The first kappa shape index (κ1) is 19.5. The summed E-state index contributed by atoms with van der Waals surface area (Å²) in [5, 5.41) is 3.33. The first-order chi connectivity index (χ1) is 14.6. The minimum atomic E-state index is -0.117. The maximum Gasteiger partial charge on any atom is 0.322 e. The average molecular weight is 421 g/mol. The van der Waals surface area contributed by atoms with Gasteiger partial charge < -0.3 is 5.32 Å². The molecular formula is C24H28N4OS. The molecule has 0 aliphatic carbocycles. The van der Waals surface area contributed by atoms with Gasteiger partial charge >= 0.3 is 6.03 Å². The van der Waals surface area contributed by atoms with Gasteiger partial charge in [0, 0.05) is 24.8 Å². The number of thiazole rings is 1. The summed E-state index contributed by atoms with van der Waals surface area (Å²) in [5.74, 6) is 0. The van der Waals surface area contributed by atoms with Gasteiger partial charge in [0.05, 0.1) is 27.8 Å². The van der Waals surface area contributed by atoms with Gasteiger partial charge in [0.2, 0.25) is 0 Å². The van der Waals surface area contributed by atoms with Gasteiger partial charge in [0.15, 0.2) is 0 Å². The summed E-state index contributed by atoms with van der Waals surface area (Å²) in [7, 11) is 0. The number of benzene rings is 2. The normalized spacial score (nSPS) is 20.1. The van der Waals surface area contributed by atoms with Gasteiger partial charge in [0.25, 0.3) is 0 Å². The van der Waals surface area contributed by atoms with Crippen molar-refractivity contribution in [2.75, 3.05) is 24.5 Å². The third-order valence-electron chi connectivity index (χ3n) is 6.85. The molecule has 5 rings (SSSR count). The summed E-state index contributed by atoms with van der Waals surface area (Å²) in [6.45, 7) is 7.15. The van der Waals surface area contributed by atoms with Gasteiger partial charge in [-0.2, -0.15) is 0 Å². The van der Waals surface area contributed by atoms with E-state index in [1.165, 1.54) is 15.8 Å². The lowest BCUT2D eigenvalue weighted by atomic mass is 9.87. The highest BCUT2D eigenvalue weighted by Gasteiger charge is 2.45. The predicted octanol–water partition coefficient (Wildman–Crippen LogP) is 4.98. The van der Waals surface area contributed by atoms with Crippen LogP contribution in [0.15, 0.2) is 48.0 Å². The molecule has 1 spiro atoms. The number of nitrogens with one attached hydrogen (secondary N) is 1. The molecule has 3 heterocycles. The highest BCUT2D eigenvalue weighted by atomic mass is 32.1. The van der Waals surface area contributed by atoms with Crippen LogP contribution >= 0.6 is 11.3 Å². The Morgan fingerprint density at radius 3 is 2.83 bits per heavy atom. The van der Waals surface area contributed by atoms with Crippen molar-refractivity contribution in [1.82, 2.24) is 15.2 Å². The number of urea groups is 1. The lowest BCUT2D eigenvalue weighted by Gasteiger charge is -2.41. The maximum atomic E-state index is 12.8. The molecule has 156 valence electrons. The lowest BCUT2D eigenvalue weighted by molar-refractivity contribution is 0.121. The molecule has 2 saturated heterocycles. The number of aromatic nitrogens is 1. The Bertz CT molecular complexity index is 1070. The zero-order chi connectivity index (χ0) is 20.7. The van der Waals surface area contributed by atoms with E-state index in [9.17, 15) is 4.79 Å². The number of fused-ring (bicyclic) bond motifs is 1. The summed E-state index contributed by atoms with van der Waals surface area (Å²) in [6, 6.07) is 15.4. The van der Waals surface area contributed by atoms with Crippen LogP contribution in [0.5, 0.6) is 0 Å². The molecule has 0 radical (unpaired) electrons. The minimum absolute atomic E-state index is 0.0405. The van der Waals surface area contributed by atoms with Crippen molar-refractivity contribution in [2.24, 2.45) is 0 Å². The standard InChI is InChI=1S/C24H28N4OS/c1-3-18-5-4-6-20(13-18)28-15-24(26-23(28)29)9-11-27(12-10-24)17(2)19-7-8-22-21(14-19)25-16-30-22/h4-8,13-14,16-17H,3,9-12,15H2,1-2H3,(H,26,29). The molecule has 3 aromatic rings. The fraction of sp³-hybridized carbons (Fsp3) is 0.417. The molecule has 0 bridgehead atoms. The number of piperidine rings is 1.